The Labute approximate surface area is 178 Å². The Morgan fingerprint density at radius 1 is 1.20 bits per heavy atom. The number of carbonyl (C=O) groups is 2. The molecule has 1 aromatic heterocycles. The third-order valence-corrected chi connectivity index (χ3v) is 4.90. The lowest BCUT2D eigenvalue weighted by Gasteiger charge is -2.19. The highest BCUT2D eigenvalue weighted by molar-refractivity contribution is 6.35. The summed E-state index contributed by atoms with van der Waals surface area (Å²) in [4.78, 5) is 27.2. The minimum absolute atomic E-state index is 0.287. The van der Waals surface area contributed by atoms with Crippen molar-refractivity contribution in [2.45, 2.75) is 25.8 Å². The molecule has 3 aromatic rings. The van der Waals surface area contributed by atoms with Crippen LogP contribution >= 0.6 is 11.6 Å². The minimum atomic E-state index is -1.04. The summed E-state index contributed by atoms with van der Waals surface area (Å²) in [5.41, 5.74) is 1.54. The normalized spacial score (nSPS) is 11.8. The number of benzene rings is 2. The van der Waals surface area contributed by atoms with Gasteiger partial charge in [0, 0.05) is 5.39 Å². The predicted molar refractivity (Wildman–Crippen MR) is 115 cm³/mol. The van der Waals surface area contributed by atoms with Crippen LogP contribution in [0.3, 0.4) is 0 Å². The number of halogens is 1. The van der Waals surface area contributed by atoms with Gasteiger partial charge in [-0.1, -0.05) is 36.7 Å². The Morgan fingerprint density at radius 3 is 2.67 bits per heavy atom. The zero-order valence-corrected chi connectivity index (χ0v) is 17.5. The monoisotopic (exact) mass is 430 g/mol. The number of H-pyrrole nitrogens is 1. The van der Waals surface area contributed by atoms with Crippen molar-refractivity contribution in [3.05, 3.63) is 58.7 Å². The molecule has 0 saturated carbocycles. The fourth-order valence-electron chi connectivity index (χ4n) is 3.14. The van der Waals surface area contributed by atoms with E-state index in [4.69, 9.17) is 21.1 Å². The number of hydrogen-bond acceptors (Lipinski definition) is 4. The van der Waals surface area contributed by atoms with Crippen LogP contribution in [-0.2, 0) is 4.79 Å². The molecule has 0 bridgehead atoms. The van der Waals surface area contributed by atoms with Crippen LogP contribution in [0, 0.1) is 0 Å². The Bertz CT molecular complexity index is 1060. The van der Waals surface area contributed by atoms with Gasteiger partial charge in [-0.25, -0.2) is 0 Å². The number of aromatic amines is 1. The molecular formula is C22H23ClN2O5. The molecule has 0 spiro atoms. The van der Waals surface area contributed by atoms with Gasteiger partial charge in [0.15, 0.2) is 11.5 Å². The van der Waals surface area contributed by atoms with Gasteiger partial charge < -0.3 is 24.9 Å². The smallest absolute Gasteiger partial charge is 0.305 e. The number of aromatic nitrogens is 1. The van der Waals surface area contributed by atoms with Crippen molar-refractivity contribution in [1.82, 2.24) is 10.3 Å². The number of nitrogens with one attached hydrogen (secondary N) is 2. The zero-order valence-electron chi connectivity index (χ0n) is 16.7. The van der Waals surface area contributed by atoms with Gasteiger partial charge in [-0.05, 0) is 36.2 Å². The van der Waals surface area contributed by atoms with Crippen molar-refractivity contribution in [2.75, 3.05) is 13.7 Å². The highest BCUT2D eigenvalue weighted by atomic mass is 35.5. The molecule has 0 aliphatic heterocycles. The number of carboxylic acids is 1. The summed E-state index contributed by atoms with van der Waals surface area (Å²) >= 11 is 6.16. The first-order valence-corrected chi connectivity index (χ1v) is 9.91. The SMILES string of the molecule is CCCOc1ccc(C(CC(=O)O)NC(=O)c2cc3cccc(Cl)c3[nH]2)cc1OC. The van der Waals surface area contributed by atoms with Gasteiger partial charge in [0.2, 0.25) is 0 Å². The largest absolute Gasteiger partial charge is 0.493 e. The quantitative estimate of drug-likeness (QED) is 0.462. The van der Waals surface area contributed by atoms with Crippen LogP contribution in [0.1, 0.15) is 41.9 Å². The molecule has 7 nitrogen and oxygen atoms in total. The third kappa shape index (κ3) is 4.86. The topological polar surface area (TPSA) is 101 Å². The Kier molecular flexibility index (Phi) is 6.84. The Morgan fingerprint density at radius 2 is 2.00 bits per heavy atom. The number of carboxylic acid groups (broad SMARTS) is 1. The lowest BCUT2D eigenvalue weighted by Crippen LogP contribution is -2.30. The number of methoxy groups -OCH3 is 1. The summed E-state index contributed by atoms with van der Waals surface area (Å²) in [6.45, 7) is 2.53. The molecule has 1 heterocycles. The number of hydrogen-bond donors (Lipinski definition) is 3. The maximum absolute atomic E-state index is 12.8. The Hall–Kier alpha value is -3.19. The lowest BCUT2D eigenvalue weighted by atomic mass is 10.0. The van der Waals surface area contributed by atoms with E-state index in [0.717, 1.165) is 11.8 Å². The van der Waals surface area contributed by atoms with Crippen molar-refractivity contribution in [3.8, 4) is 11.5 Å². The summed E-state index contributed by atoms with van der Waals surface area (Å²) in [6.07, 6.45) is 0.558. The summed E-state index contributed by atoms with van der Waals surface area (Å²) in [5, 5.41) is 13.4. The molecule has 0 aliphatic rings. The van der Waals surface area contributed by atoms with Gasteiger partial charge in [-0.3, -0.25) is 9.59 Å². The third-order valence-electron chi connectivity index (χ3n) is 4.59. The van der Waals surface area contributed by atoms with E-state index in [1.807, 2.05) is 13.0 Å². The van der Waals surface area contributed by atoms with Crippen molar-refractivity contribution in [2.24, 2.45) is 0 Å². The molecule has 3 rings (SSSR count). The fourth-order valence-corrected chi connectivity index (χ4v) is 3.37. The standard InChI is InChI=1S/C22H23ClN2O5/c1-3-9-30-18-8-7-13(11-19(18)29-2)16(12-20(26)27)25-22(28)17-10-14-5-4-6-15(23)21(14)24-17/h4-8,10-11,16,24H,3,9,12H2,1-2H3,(H,25,28)(H,26,27). The van der Waals surface area contributed by atoms with Gasteiger partial charge in [0.25, 0.3) is 5.91 Å². The zero-order chi connectivity index (χ0) is 21.7. The van der Waals surface area contributed by atoms with E-state index in [1.165, 1.54) is 7.11 Å². The van der Waals surface area contributed by atoms with Gasteiger partial charge in [-0.2, -0.15) is 0 Å². The molecule has 158 valence electrons. The average Bonchev–Trinajstić information content (AvgIpc) is 3.17. The van der Waals surface area contributed by atoms with E-state index in [9.17, 15) is 14.7 Å². The average molecular weight is 431 g/mol. The number of aliphatic carboxylic acids is 1. The van der Waals surface area contributed by atoms with Gasteiger partial charge in [0.05, 0.1) is 36.7 Å². The van der Waals surface area contributed by atoms with Gasteiger partial charge >= 0.3 is 5.97 Å². The van der Waals surface area contributed by atoms with Crippen LogP contribution in [0.25, 0.3) is 10.9 Å². The number of amides is 1. The number of rotatable bonds is 9. The molecule has 0 fully saturated rings. The summed E-state index contributed by atoms with van der Waals surface area (Å²) in [5.74, 6) is -0.430. The van der Waals surface area contributed by atoms with Crippen LogP contribution < -0.4 is 14.8 Å². The first kappa shape index (κ1) is 21.5. The first-order chi connectivity index (χ1) is 14.4. The molecule has 2 aromatic carbocycles. The van der Waals surface area contributed by atoms with Crippen molar-refractivity contribution in [3.63, 3.8) is 0 Å². The van der Waals surface area contributed by atoms with Crippen LogP contribution in [-0.4, -0.2) is 35.7 Å². The molecule has 1 unspecified atom stereocenters. The molecule has 8 heteroatoms. The molecule has 3 N–H and O–H groups in total. The molecule has 0 aliphatic carbocycles. The van der Waals surface area contributed by atoms with Crippen molar-refractivity contribution in [1.29, 1.82) is 0 Å². The van der Waals surface area contributed by atoms with Gasteiger partial charge in [0.1, 0.15) is 5.69 Å². The van der Waals surface area contributed by atoms with E-state index < -0.39 is 17.9 Å². The molecule has 1 amide bonds. The van der Waals surface area contributed by atoms with E-state index in [2.05, 4.69) is 10.3 Å². The van der Waals surface area contributed by atoms with Gasteiger partial charge in [-0.15, -0.1) is 0 Å². The highest BCUT2D eigenvalue weighted by Gasteiger charge is 2.22. The summed E-state index contributed by atoms with van der Waals surface area (Å²) < 4.78 is 11.0. The molecule has 0 saturated heterocycles. The van der Waals surface area contributed by atoms with Crippen molar-refractivity contribution >= 4 is 34.4 Å². The Balaban J connectivity index is 1.87. The van der Waals surface area contributed by atoms with Crippen LogP contribution in [0.2, 0.25) is 5.02 Å². The molecular weight excluding hydrogens is 408 g/mol. The second-order valence-corrected chi connectivity index (χ2v) is 7.18. The van der Waals surface area contributed by atoms with Crippen LogP contribution in [0.5, 0.6) is 11.5 Å². The number of fused-ring (bicyclic) bond motifs is 1. The van der Waals surface area contributed by atoms with E-state index in [1.54, 1.807) is 36.4 Å². The van der Waals surface area contributed by atoms with E-state index in [-0.39, 0.29) is 6.42 Å². The summed E-state index contributed by atoms with van der Waals surface area (Å²) in [6, 6.07) is 11.4. The van der Waals surface area contributed by atoms with Crippen LogP contribution in [0.4, 0.5) is 0 Å². The fraction of sp³-hybridized carbons (Fsp3) is 0.273. The summed E-state index contributed by atoms with van der Waals surface area (Å²) in [7, 11) is 1.51. The van der Waals surface area contributed by atoms with E-state index >= 15 is 0 Å². The first-order valence-electron chi connectivity index (χ1n) is 9.53. The number of ether oxygens (including phenoxy) is 2. The van der Waals surface area contributed by atoms with E-state index in [0.29, 0.717) is 39.9 Å². The second kappa shape index (κ2) is 9.54. The maximum Gasteiger partial charge on any atom is 0.305 e. The molecule has 0 radical (unpaired) electrons. The maximum atomic E-state index is 12.8. The van der Waals surface area contributed by atoms with Crippen LogP contribution in [0.15, 0.2) is 42.5 Å². The second-order valence-electron chi connectivity index (χ2n) is 6.77. The highest BCUT2D eigenvalue weighted by Crippen LogP contribution is 2.32. The van der Waals surface area contributed by atoms with Crippen molar-refractivity contribution < 1.29 is 24.2 Å². The predicted octanol–water partition coefficient (Wildman–Crippen LogP) is 4.56. The molecule has 30 heavy (non-hydrogen) atoms. The molecule has 1 atom stereocenters. The number of para-hydroxylation sites is 1. The lowest BCUT2D eigenvalue weighted by molar-refractivity contribution is -0.137. The minimum Gasteiger partial charge on any atom is -0.493 e. The number of carbonyl (C=O) groups excluding carboxylic acids is 1.